The number of unbranched alkanes of at least 4 members (excludes halogenated alkanes) is 1. The van der Waals surface area contributed by atoms with Crippen molar-refractivity contribution < 1.29 is 4.74 Å². The molecule has 0 radical (unpaired) electrons. The van der Waals surface area contributed by atoms with Crippen molar-refractivity contribution in [3.8, 4) is 5.88 Å². The standard InChI is InChI=1S/C12H22N4O/c1-9(2)17-11-8-10(3)15-12(16-11)14-7-5-4-6-13/h8-9H,4-7,13H2,1-3H3,(H,14,15,16). The SMILES string of the molecule is Cc1cc(OC(C)C)nc(NCCCCN)n1. The van der Waals surface area contributed by atoms with Gasteiger partial charge in [-0.15, -0.1) is 0 Å². The molecule has 1 rings (SSSR count). The van der Waals surface area contributed by atoms with E-state index in [1.54, 1.807) is 0 Å². The molecule has 0 aliphatic heterocycles. The lowest BCUT2D eigenvalue weighted by Crippen LogP contribution is -2.11. The Morgan fingerprint density at radius 1 is 1.35 bits per heavy atom. The van der Waals surface area contributed by atoms with Gasteiger partial charge in [-0.3, -0.25) is 0 Å². The molecular formula is C12H22N4O. The van der Waals surface area contributed by atoms with Crippen LogP contribution in [0, 0.1) is 6.92 Å². The summed E-state index contributed by atoms with van der Waals surface area (Å²) in [5, 5.41) is 3.18. The van der Waals surface area contributed by atoms with Crippen LogP contribution in [-0.2, 0) is 0 Å². The van der Waals surface area contributed by atoms with E-state index in [-0.39, 0.29) is 6.10 Å². The predicted molar refractivity (Wildman–Crippen MR) is 69.3 cm³/mol. The van der Waals surface area contributed by atoms with E-state index in [0.717, 1.165) is 31.6 Å². The van der Waals surface area contributed by atoms with Crippen LogP contribution in [0.1, 0.15) is 32.4 Å². The summed E-state index contributed by atoms with van der Waals surface area (Å²) < 4.78 is 5.55. The number of nitrogens with one attached hydrogen (secondary N) is 1. The maximum Gasteiger partial charge on any atom is 0.226 e. The molecule has 0 aliphatic carbocycles. The van der Waals surface area contributed by atoms with Gasteiger partial charge in [0, 0.05) is 18.3 Å². The third kappa shape index (κ3) is 5.49. The molecular weight excluding hydrogens is 216 g/mol. The van der Waals surface area contributed by atoms with Gasteiger partial charge in [-0.1, -0.05) is 0 Å². The molecule has 0 saturated heterocycles. The second-order valence-corrected chi connectivity index (χ2v) is 4.26. The van der Waals surface area contributed by atoms with Gasteiger partial charge in [0.25, 0.3) is 0 Å². The monoisotopic (exact) mass is 238 g/mol. The quantitative estimate of drug-likeness (QED) is 0.708. The average molecular weight is 238 g/mol. The first-order valence-electron chi connectivity index (χ1n) is 6.08. The maximum atomic E-state index is 5.55. The Kier molecular flexibility index (Phi) is 5.69. The zero-order chi connectivity index (χ0) is 12.7. The van der Waals surface area contributed by atoms with E-state index >= 15 is 0 Å². The largest absolute Gasteiger partial charge is 0.475 e. The lowest BCUT2D eigenvalue weighted by molar-refractivity contribution is 0.232. The minimum atomic E-state index is 0.120. The Morgan fingerprint density at radius 3 is 2.76 bits per heavy atom. The van der Waals surface area contributed by atoms with Crippen molar-refractivity contribution in [1.29, 1.82) is 0 Å². The molecule has 1 aromatic heterocycles. The maximum absolute atomic E-state index is 5.55. The highest BCUT2D eigenvalue weighted by atomic mass is 16.5. The van der Waals surface area contributed by atoms with Gasteiger partial charge in [0.05, 0.1) is 6.10 Å². The van der Waals surface area contributed by atoms with Crippen LogP contribution in [0.5, 0.6) is 5.88 Å². The first-order chi connectivity index (χ1) is 8.11. The van der Waals surface area contributed by atoms with Crippen LogP contribution in [0.15, 0.2) is 6.07 Å². The van der Waals surface area contributed by atoms with Crippen molar-refractivity contribution in [3.05, 3.63) is 11.8 Å². The number of nitrogens with zero attached hydrogens (tertiary/aromatic N) is 2. The first kappa shape index (κ1) is 13.7. The molecule has 0 aromatic carbocycles. The van der Waals surface area contributed by atoms with Crippen LogP contribution < -0.4 is 15.8 Å². The van der Waals surface area contributed by atoms with Gasteiger partial charge in [0.2, 0.25) is 11.8 Å². The van der Waals surface area contributed by atoms with Gasteiger partial charge < -0.3 is 15.8 Å². The molecule has 0 aliphatic rings. The highest BCUT2D eigenvalue weighted by Gasteiger charge is 2.04. The third-order valence-corrected chi connectivity index (χ3v) is 2.10. The highest BCUT2D eigenvalue weighted by molar-refractivity contribution is 5.30. The van der Waals surface area contributed by atoms with Crippen molar-refractivity contribution in [3.63, 3.8) is 0 Å². The van der Waals surface area contributed by atoms with Crippen LogP contribution in [0.2, 0.25) is 0 Å². The number of ether oxygens (including phenoxy) is 1. The number of hydrogen-bond donors (Lipinski definition) is 2. The lowest BCUT2D eigenvalue weighted by Gasteiger charge is -2.11. The fourth-order valence-electron chi connectivity index (χ4n) is 1.39. The molecule has 17 heavy (non-hydrogen) atoms. The van der Waals surface area contributed by atoms with Crippen LogP contribution in [0.25, 0.3) is 0 Å². The summed E-state index contributed by atoms with van der Waals surface area (Å²) in [4.78, 5) is 8.60. The Balaban J connectivity index is 2.56. The third-order valence-electron chi connectivity index (χ3n) is 2.10. The smallest absolute Gasteiger partial charge is 0.226 e. The van der Waals surface area contributed by atoms with E-state index in [0.29, 0.717) is 11.8 Å². The van der Waals surface area contributed by atoms with Crippen molar-refractivity contribution in [2.24, 2.45) is 5.73 Å². The molecule has 0 amide bonds. The Morgan fingerprint density at radius 2 is 2.12 bits per heavy atom. The molecule has 5 heteroatoms. The molecule has 3 N–H and O–H groups in total. The molecule has 1 heterocycles. The molecule has 1 aromatic rings. The van der Waals surface area contributed by atoms with Gasteiger partial charge in [0.1, 0.15) is 0 Å². The molecule has 5 nitrogen and oxygen atoms in total. The van der Waals surface area contributed by atoms with Gasteiger partial charge in [0.15, 0.2) is 0 Å². The highest BCUT2D eigenvalue weighted by Crippen LogP contribution is 2.13. The number of nitrogens with two attached hydrogens (primary N) is 1. The summed E-state index contributed by atoms with van der Waals surface area (Å²) in [7, 11) is 0. The van der Waals surface area contributed by atoms with E-state index in [1.807, 2.05) is 26.8 Å². The zero-order valence-electron chi connectivity index (χ0n) is 10.9. The second kappa shape index (κ2) is 7.06. The number of aryl methyl sites for hydroxylation is 1. The Hall–Kier alpha value is -1.36. The van der Waals surface area contributed by atoms with Crippen LogP contribution in [-0.4, -0.2) is 29.2 Å². The summed E-state index contributed by atoms with van der Waals surface area (Å²) in [5.74, 6) is 1.24. The molecule has 0 unspecified atom stereocenters. The van der Waals surface area contributed by atoms with Crippen LogP contribution >= 0.6 is 0 Å². The van der Waals surface area contributed by atoms with E-state index < -0.39 is 0 Å². The minimum absolute atomic E-state index is 0.120. The molecule has 0 saturated carbocycles. The zero-order valence-corrected chi connectivity index (χ0v) is 10.9. The summed E-state index contributed by atoms with van der Waals surface area (Å²) in [6.07, 6.45) is 2.15. The van der Waals surface area contributed by atoms with E-state index in [4.69, 9.17) is 10.5 Å². The Bertz CT molecular complexity index is 341. The second-order valence-electron chi connectivity index (χ2n) is 4.26. The fourth-order valence-corrected chi connectivity index (χ4v) is 1.39. The number of rotatable bonds is 7. The summed E-state index contributed by atoms with van der Waals surface area (Å²) in [6, 6.07) is 1.84. The number of aromatic nitrogens is 2. The van der Waals surface area contributed by atoms with Gasteiger partial charge in [-0.05, 0) is 40.2 Å². The van der Waals surface area contributed by atoms with Crippen molar-refractivity contribution in [2.45, 2.75) is 39.7 Å². The number of anilines is 1. The molecule has 0 bridgehead atoms. The normalized spacial score (nSPS) is 10.6. The van der Waals surface area contributed by atoms with Gasteiger partial charge >= 0.3 is 0 Å². The fraction of sp³-hybridized carbons (Fsp3) is 0.667. The first-order valence-corrected chi connectivity index (χ1v) is 6.08. The van der Waals surface area contributed by atoms with Crippen molar-refractivity contribution in [2.75, 3.05) is 18.4 Å². The van der Waals surface area contributed by atoms with Crippen molar-refractivity contribution >= 4 is 5.95 Å². The predicted octanol–water partition coefficient (Wildman–Crippen LogP) is 1.72. The molecule has 0 fully saturated rings. The van der Waals surface area contributed by atoms with Crippen LogP contribution in [0.3, 0.4) is 0 Å². The van der Waals surface area contributed by atoms with Gasteiger partial charge in [-0.2, -0.15) is 4.98 Å². The Labute approximate surface area is 103 Å². The van der Waals surface area contributed by atoms with E-state index in [2.05, 4.69) is 15.3 Å². The van der Waals surface area contributed by atoms with Gasteiger partial charge in [-0.25, -0.2) is 4.98 Å². The molecule has 0 spiro atoms. The van der Waals surface area contributed by atoms with Crippen molar-refractivity contribution in [1.82, 2.24) is 9.97 Å². The minimum Gasteiger partial charge on any atom is -0.475 e. The average Bonchev–Trinajstić information content (AvgIpc) is 2.22. The lowest BCUT2D eigenvalue weighted by atomic mass is 10.3. The van der Waals surface area contributed by atoms with E-state index in [9.17, 15) is 0 Å². The number of hydrogen-bond acceptors (Lipinski definition) is 5. The van der Waals surface area contributed by atoms with E-state index in [1.165, 1.54) is 0 Å². The summed E-state index contributed by atoms with van der Waals surface area (Å²) >= 11 is 0. The molecule has 96 valence electrons. The summed E-state index contributed by atoms with van der Waals surface area (Å²) in [6.45, 7) is 7.44. The summed E-state index contributed by atoms with van der Waals surface area (Å²) in [5.41, 5.74) is 6.33. The van der Waals surface area contributed by atoms with Crippen LogP contribution in [0.4, 0.5) is 5.95 Å². The topological polar surface area (TPSA) is 73.1 Å². The molecule has 0 atom stereocenters.